The molecule has 1 heterocycles. The molecule has 0 fully saturated rings. The third kappa shape index (κ3) is 5.48. The summed E-state index contributed by atoms with van der Waals surface area (Å²) in [6, 6.07) is 13.4. The van der Waals surface area contributed by atoms with Gasteiger partial charge in [-0.05, 0) is 59.9 Å². The van der Waals surface area contributed by atoms with Crippen LogP contribution in [0.1, 0.15) is 31.7 Å². The second kappa shape index (κ2) is 10.6. The molecule has 1 aliphatic rings. The van der Waals surface area contributed by atoms with Crippen molar-refractivity contribution < 1.29 is 24.2 Å². The average Bonchev–Trinajstić information content (AvgIpc) is 2.95. The van der Waals surface area contributed by atoms with E-state index in [1.807, 2.05) is 42.5 Å². The molecule has 6 nitrogen and oxygen atoms in total. The van der Waals surface area contributed by atoms with E-state index in [4.69, 9.17) is 9.47 Å². The first-order valence-electron chi connectivity index (χ1n) is 10.2. The van der Waals surface area contributed by atoms with E-state index in [0.29, 0.717) is 37.4 Å². The van der Waals surface area contributed by atoms with Crippen molar-refractivity contribution in [1.29, 1.82) is 0 Å². The van der Waals surface area contributed by atoms with Crippen molar-refractivity contribution in [1.82, 2.24) is 0 Å². The van der Waals surface area contributed by atoms with Crippen LogP contribution in [0, 0.1) is 0 Å². The van der Waals surface area contributed by atoms with E-state index >= 15 is 0 Å². The molecular formula is C24H27NO5. The number of carboxylic acids is 1. The van der Waals surface area contributed by atoms with Gasteiger partial charge in [0.2, 0.25) is 6.41 Å². The summed E-state index contributed by atoms with van der Waals surface area (Å²) in [6.45, 7) is 4.31. The highest BCUT2D eigenvalue weighted by Crippen LogP contribution is 2.32. The lowest BCUT2D eigenvalue weighted by Gasteiger charge is -2.18. The maximum Gasteiger partial charge on any atom is 0.331 e. The van der Waals surface area contributed by atoms with Gasteiger partial charge in [-0.2, -0.15) is 0 Å². The SMILES string of the molecule is CCCCOCCOc1ccc(-c2ccc3c(c2)C=C(C(=O)O)CCN3C=O)cc1. The van der Waals surface area contributed by atoms with Crippen LogP contribution in [0.25, 0.3) is 17.2 Å². The summed E-state index contributed by atoms with van der Waals surface area (Å²) in [6.07, 6.45) is 4.89. The Morgan fingerprint density at radius 3 is 2.57 bits per heavy atom. The normalized spacial score (nSPS) is 13.2. The highest BCUT2D eigenvalue weighted by molar-refractivity contribution is 5.96. The predicted octanol–water partition coefficient (Wildman–Crippen LogP) is 4.38. The number of unbranched alkanes of at least 4 members (excludes halogenated alkanes) is 1. The fourth-order valence-electron chi connectivity index (χ4n) is 3.32. The Morgan fingerprint density at radius 2 is 1.87 bits per heavy atom. The lowest BCUT2D eigenvalue weighted by Crippen LogP contribution is -2.22. The number of aliphatic carboxylic acids is 1. The van der Waals surface area contributed by atoms with Gasteiger partial charge in [0.15, 0.2) is 0 Å². The Labute approximate surface area is 176 Å². The zero-order valence-electron chi connectivity index (χ0n) is 17.2. The van der Waals surface area contributed by atoms with E-state index in [1.165, 1.54) is 0 Å². The molecule has 1 N–H and O–H groups in total. The summed E-state index contributed by atoms with van der Waals surface area (Å²) in [5, 5.41) is 9.40. The minimum absolute atomic E-state index is 0.294. The van der Waals surface area contributed by atoms with E-state index in [9.17, 15) is 14.7 Å². The zero-order valence-corrected chi connectivity index (χ0v) is 17.2. The van der Waals surface area contributed by atoms with E-state index < -0.39 is 5.97 Å². The monoisotopic (exact) mass is 409 g/mol. The van der Waals surface area contributed by atoms with Gasteiger partial charge in [-0.1, -0.05) is 31.5 Å². The lowest BCUT2D eigenvalue weighted by atomic mass is 10.0. The summed E-state index contributed by atoms with van der Waals surface area (Å²) in [5.41, 5.74) is 3.66. The lowest BCUT2D eigenvalue weighted by molar-refractivity contribution is -0.132. The Kier molecular flexibility index (Phi) is 7.63. The van der Waals surface area contributed by atoms with Crippen molar-refractivity contribution >= 4 is 24.1 Å². The van der Waals surface area contributed by atoms with Crippen molar-refractivity contribution in [3.63, 3.8) is 0 Å². The molecule has 2 aromatic carbocycles. The van der Waals surface area contributed by atoms with Crippen LogP contribution in [0.3, 0.4) is 0 Å². The summed E-state index contributed by atoms with van der Waals surface area (Å²) in [4.78, 5) is 24.4. The molecule has 0 bridgehead atoms. The van der Waals surface area contributed by atoms with Gasteiger partial charge < -0.3 is 19.5 Å². The Bertz CT molecular complexity index is 904. The van der Waals surface area contributed by atoms with Gasteiger partial charge in [-0.25, -0.2) is 4.79 Å². The molecule has 1 amide bonds. The summed E-state index contributed by atoms with van der Waals surface area (Å²) >= 11 is 0. The van der Waals surface area contributed by atoms with E-state index in [2.05, 4.69) is 6.92 Å². The Balaban J connectivity index is 1.73. The van der Waals surface area contributed by atoms with E-state index in [1.54, 1.807) is 11.0 Å². The van der Waals surface area contributed by atoms with Crippen molar-refractivity contribution in [2.24, 2.45) is 0 Å². The molecule has 6 heteroatoms. The van der Waals surface area contributed by atoms with Gasteiger partial charge in [0.25, 0.3) is 0 Å². The van der Waals surface area contributed by atoms with Gasteiger partial charge in [0.1, 0.15) is 12.4 Å². The number of benzene rings is 2. The molecule has 0 unspecified atom stereocenters. The fourth-order valence-corrected chi connectivity index (χ4v) is 3.32. The highest BCUT2D eigenvalue weighted by atomic mass is 16.5. The number of hydrogen-bond acceptors (Lipinski definition) is 4. The molecule has 0 radical (unpaired) electrons. The van der Waals surface area contributed by atoms with Crippen molar-refractivity contribution in [3.8, 4) is 16.9 Å². The molecule has 0 saturated carbocycles. The van der Waals surface area contributed by atoms with Gasteiger partial charge in [-0.15, -0.1) is 0 Å². The van der Waals surface area contributed by atoms with Gasteiger partial charge >= 0.3 is 5.97 Å². The molecule has 3 rings (SSSR count). The van der Waals surface area contributed by atoms with Crippen molar-refractivity contribution in [3.05, 3.63) is 53.6 Å². The molecule has 0 saturated heterocycles. The molecule has 0 atom stereocenters. The van der Waals surface area contributed by atoms with Crippen LogP contribution >= 0.6 is 0 Å². The topological polar surface area (TPSA) is 76.1 Å². The molecule has 30 heavy (non-hydrogen) atoms. The number of nitrogens with zero attached hydrogens (tertiary/aromatic N) is 1. The van der Waals surface area contributed by atoms with Gasteiger partial charge in [-0.3, -0.25) is 4.79 Å². The maximum absolute atomic E-state index is 11.5. The van der Waals surface area contributed by atoms with Gasteiger partial charge in [0, 0.05) is 18.7 Å². The van der Waals surface area contributed by atoms with Crippen molar-refractivity contribution in [2.45, 2.75) is 26.2 Å². The van der Waals surface area contributed by atoms with Crippen LogP contribution in [0.4, 0.5) is 5.69 Å². The van der Waals surface area contributed by atoms with Gasteiger partial charge in [0.05, 0.1) is 12.3 Å². The largest absolute Gasteiger partial charge is 0.491 e. The summed E-state index contributed by atoms with van der Waals surface area (Å²) in [5.74, 6) is -0.188. The fraction of sp³-hybridized carbons (Fsp3) is 0.333. The Hall–Kier alpha value is -3.12. The second-order valence-corrected chi connectivity index (χ2v) is 7.14. The minimum Gasteiger partial charge on any atom is -0.491 e. The van der Waals surface area contributed by atoms with Crippen LogP contribution in [-0.4, -0.2) is 43.9 Å². The summed E-state index contributed by atoms with van der Waals surface area (Å²) < 4.78 is 11.2. The van der Waals surface area contributed by atoms with E-state index in [-0.39, 0.29) is 0 Å². The number of carbonyl (C=O) groups excluding carboxylic acids is 1. The predicted molar refractivity (Wildman–Crippen MR) is 117 cm³/mol. The molecule has 2 aromatic rings. The van der Waals surface area contributed by atoms with Crippen LogP contribution < -0.4 is 9.64 Å². The quantitative estimate of drug-likeness (QED) is 0.465. The molecule has 0 aromatic heterocycles. The van der Waals surface area contributed by atoms with Crippen LogP contribution in [0.2, 0.25) is 0 Å². The number of hydrogen-bond donors (Lipinski definition) is 1. The minimum atomic E-state index is -0.959. The first kappa shape index (κ1) is 21.6. The van der Waals surface area contributed by atoms with Crippen LogP contribution in [-0.2, 0) is 14.3 Å². The number of fused-ring (bicyclic) bond motifs is 1. The van der Waals surface area contributed by atoms with Crippen LogP contribution in [0.15, 0.2) is 48.0 Å². The average molecular weight is 409 g/mol. The molecular weight excluding hydrogens is 382 g/mol. The van der Waals surface area contributed by atoms with Crippen LogP contribution in [0.5, 0.6) is 5.75 Å². The number of carboxylic acid groups (broad SMARTS) is 1. The zero-order chi connectivity index (χ0) is 21.3. The number of anilines is 1. The van der Waals surface area contributed by atoms with E-state index in [0.717, 1.165) is 48.3 Å². The molecule has 0 spiro atoms. The standard InChI is InChI=1S/C24H27NO5/c1-2-3-12-29-13-14-30-22-7-4-18(5-8-22)19-6-9-23-21(15-19)16-20(24(27)28)10-11-25(23)17-26/h4-9,15-17H,2-3,10-14H2,1H3,(H,27,28). The van der Waals surface area contributed by atoms with Crippen molar-refractivity contribution in [2.75, 3.05) is 31.3 Å². The molecule has 1 aliphatic heterocycles. The smallest absolute Gasteiger partial charge is 0.331 e. The number of ether oxygens (including phenoxy) is 2. The molecule has 0 aliphatic carbocycles. The number of amides is 1. The maximum atomic E-state index is 11.5. The Morgan fingerprint density at radius 1 is 1.10 bits per heavy atom. The summed E-state index contributed by atoms with van der Waals surface area (Å²) in [7, 11) is 0. The molecule has 158 valence electrons. The first-order valence-corrected chi connectivity index (χ1v) is 10.2. The highest BCUT2D eigenvalue weighted by Gasteiger charge is 2.19. The first-order chi connectivity index (χ1) is 14.6. The number of carbonyl (C=O) groups is 2. The number of rotatable bonds is 10. The third-order valence-electron chi connectivity index (χ3n) is 5.02. The second-order valence-electron chi connectivity index (χ2n) is 7.14. The third-order valence-corrected chi connectivity index (χ3v) is 5.02.